The fourth-order valence-electron chi connectivity index (χ4n) is 3.99. The average Bonchev–Trinajstić information content (AvgIpc) is 2.99. The summed E-state index contributed by atoms with van der Waals surface area (Å²) < 4.78 is 0. The molecular weight excluding hydrogens is 276 g/mol. The lowest BCUT2D eigenvalue weighted by atomic mass is 9.62. The molecule has 1 unspecified atom stereocenters. The number of allylic oxidation sites excluding steroid dienone is 12. The van der Waals surface area contributed by atoms with Crippen LogP contribution in [0.5, 0.6) is 0 Å². The van der Waals surface area contributed by atoms with E-state index in [0.717, 1.165) is 12.8 Å². The molecule has 0 aromatic carbocycles. The molecule has 2 rings (SSSR count). The zero-order chi connectivity index (χ0) is 16.5. The first-order valence-corrected chi connectivity index (χ1v) is 9.30. The quantitative estimate of drug-likeness (QED) is 0.470. The molecule has 0 nitrogen and oxygen atoms in total. The summed E-state index contributed by atoms with van der Waals surface area (Å²) in [6, 6.07) is 0. The molecule has 0 N–H and O–H groups in total. The van der Waals surface area contributed by atoms with Crippen molar-refractivity contribution in [3.05, 3.63) is 71.9 Å². The van der Waals surface area contributed by atoms with Crippen molar-refractivity contribution in [1.82, 2.24) is 0 Å². The third-order valence-corrected chi connectivity index (χ3v) is 5.33. The van der Waals surface area contributed by atoms with Crippen LogP contribution in [-0.2, 0) is 0 Å². The smallest absolute Gasteiger partial charge is 0.0167 e. The summed E-state index contributed by atoms with van der Waals surface area (Å²) in [6.07, 6.45) is 29.9. The van der Waals surface area contributed by atoms with Gasteiger partial charge >= 0.3 is 0 Å². The monoisotopic (exact) mass is 308 g/mol. The molecule has 1 atom stereocenters. The van der Waals surface area contributed by atoms with Crippen molar-refractivity contribution < 1.29 is 0 Å². The van der Waals surface area contributed by atoms with Gasteiger partial charge in [0.1, 0.15) is 0 Å². The van der Waals surface area contributed by atoms with Crippen molar-refractivity contribution in [2.45, 2.75) is 59.3 Å². The van der Waals surface area contributed by atoms with Gasteiger partial charge in [0.2, 0.25) is 0 Å². The van der Waals surface area contributed by atoms with Crippen LogP contribution < -0.4 is 0 Å². The predicted octanol–water partition coefficient (Wildman–Crippen LogP) is 7.09. The minimum Gasteiger partial charge on any atom is -0.0807 e. The van der Waals surface area contributed by atoms with E-state index in [1.165, 1.54) is 31.3 Å². The van der Waals surface area contributed by atoms with Crippen LogP contribution in [0.2, 0.25) is 0 Å². The molecule has 23 heavy (non-hydrogen) atoms. The van der Waals surface area contributed by atoms with E-state index in [-0.39, 0.29) is 5.41 Å². The van der Waals surface area contributed by atoms with Gasteiger partial charge < -0.3 is 0 Å². The minimum atomic E-state index is 0.121. The Labute approximate surface area is 143 Å². The van der Waals surface area contributed by atoms with Gasteiger partial charge in [-0.3, -0.25) is 0 Å². The van der Waals surface area contributed by atoms with E-state index in [0.29, 0.717) is 5.92 Å². The maximum atomic E-state index is 2.48. The highest BCUT2D eigenvalue weighted by molar-refractivity contribution is 5.43. The maximum absolute atomic E-state index is 2.48. The van der Waals surface area contributed by atoms with Crippen LogP contribution in [0.25, 0.3) is 0 Å². The Balaban J connectivity index is 2.50. The first-order chi connectivity index (χ1) is 11.2. The molecule has 2 aliphatic rings. The molecule has 0 fully saturated rings. The summed E-state index contributed by atoms with van der Waals surface area (Å²) in [5, 5.41) is 0. The van der Waals surface area contributed by atoms with E-state index >= 15 is 0 Å². The Morgan fingerprint density at radius 3 is 2.43 bits per heavy atom. The second kappa shape index (κ2) is 8.91. The summed E-state index contributed by atoms with van der Waals surface area (Å²) in [7, 11) is 0. The lowest BCUT2D eigenvalue weighted by molar-refractivity contribution is 0.250. The minimum absolute atomic E-state index is 0.121. The molecule has 0 heterocycles. The van der Waals surface area contributed by atoms with Gasteiger partial charge in [-0.05, 0) is 37.2 Å². The fraction of sp³-hybridized carbons (Fsp3) is 0.478. The molecule has 0 spiro atoms. The van der Waals surface area contributed by atoms with Crippen LogP contribution in [0, 0.1) is 11.3 Å². The third kappa shape index (κ3) is 4.25. The average molecular weight is 309 g/mol. The number of hydrogen-bond acceptors (Lipinski definition) is 0. The molecule has 2 aliphatic carbocycles. The van der Waals surface area contributed by atoms with Crippen LogP contribution in [0.1, 0.15) is 59.3 Å². The van der Waals surface area contributed by atoms with Gasteiger partial charge in [0.05, 0.1) is 0 Å². The van der Waals surface area contributed by atoms with Crippen LogP contribution in [-0.4, -0.2) is 0 Å². The molecule has 124 valence electrons. The highest BCUT2D eigenvalue weighted by Crippen LogP contribution is 2.49. The third-order valence-electron chi connectivity index (χ3n) is 5.33. The normalized spacial score (nSPS) is 20.0. The van der Waals surface area contributed by atoms with Gasteiger partial charge in [0.15, 0.2) is 0 Å². The zero-order valence-electron chi connectivity index (χ0n) is 15.1. The van der Waals surface area contributed by atoms with Crippen LogP contribution in [0.15, 0.2) is 71.9 Å². The van der Waals surface area contributed by atoms with E-state index in [4.69, 9.17) is 0 Å². The summed E-state index contributed by atoms with van der Waals surface area (Å²) in [5.74, 6) is 0.700. The highest BCUT2D eigenvalue weighted by Gasteiger charge is 2.38. The Morgan fingerprint density at radius 2 is 1.70 bits per heavy atom. The summed E-state index contributed by atoms with van der Waals surface area (Å²) in [4.78, 5) is 0. The molecule has 0 saturated carbocycles. The Bertz CT molecular complexity index is 545. The predicted molar refractivity (Wildman–Crippen MR) is 103 cm³/mol. The van der Waals surface area contributed by atoms with Crippen LogP contribution in [0.4, 0.5) is 0 Å². The summed E-state index contributed by atoms with van der Waals surface area (Å²) in [5.41, 5.74) is 3.16. The van der Waals surface area contributed by atoms with Crippen molar-refractivity contribution in [3.8, 4) is 0 Å². The first-order valence-electron chi connectivity index (χ1n) is 9.30. The van der Waals surface area contributed by atoms with E-state index in [1.54, 1.807) is 5.57 Å². The van der Waals surface area contributed by atoms with Gasteiger partial charge in [0, 0.05) is 5.41 Å². The largest absolute Gasteiger partial charge is 0.0807 e. The van der Waals surface area contributed by atoms with Crippen LogP contribution in [0.3, 0.4) is 0 Å². The van der Waals surface area contributed by atoms with E-state index in [1.807, 2.05) is 0 Å². The van der Waals surface area contributed by atoms with E-state index < -0.39 is 0 Å². The second-order valence-electron chi connectivity index (χ2n) is 6.87. The highest BCUT2D eigenvalue weighted by atomic mass is 14.4. The standard InChI is InChI=1S/C23H32/c1-4-14-20(15-5-2)23(3,21-16-10-6-7-11-17-21)22-18-12-8-9-13-19-22/h6-8,10-13,16,18-20H,4-5,9,14-15,17H2,1-3H3. The molecule has 0 saturated heterocycles. The van der Waals surface area contributed by atoms with Gasteiger partial charge in [0.25, 0.3) is 0 Å². The topological polar surface area (TPSA) is 0 Å². The van der Waals surface area contributed by atoms with Crippen molar-refractivity contribution in [1.29, 1.82) is 0 Å². The zero-order valence-corrected chi connectivity index (χ0v) is 15.1. The molecule has 0 aliphatic heterocycles. The van der Waals surface area contributed by atoms with Crippen molar-refractivity contribution in [2.75, 3.05) is 0 Å². The molecule has 0 bridgehead atoms. The lowest BCUT2D eigenvalue weighted by Gasteiger charge is -2.41. The second-order valence-corrected chi connectivity index (χ2v) is 6.87. The Morgan fingerprint density at radius 1 is 0.913 bits per heavy atom. The molecule has 0 amide bonds. The fourth-order valence-corrected chi connectivity index (χ4v) is 3.99. The number of rotatable bonds is 7. The Kier molecular flexibility index (Phi) is 6.89. The van der Waals surface area contributed by atoms with Gasteiger partial charge in [-0.25, -0.2) is 0 Å². The van der Waals surface area contributed by atoms with Gasteiger partial charge in [-0.15, -0.1) is 0 Å². The van der Waals surface area contributed by atoms with Gasteiger partial charge in [-0.2, -0.15) is 0 Å². The van der Waals surface area contributed by atoms with E-state index in [9.17, 15) is 0 Å². The summed E-state index contributed by atoms with van der Waals surface area (Å²) in [6.45, 7) is 7.13. The van der Waals surface area contributed by atoms with Crippen molar-refractivity contribution in [2.24, 2.45) is 11.3 Å². The van der Waals surface area contributed by atoms with Gasteiger partial charge in [-0.1, -0.05) is 99.9 Å². The van der Waals surface area contributed by atoms with Crippen molar-refractivity contribution >= 4 is 0 Å². The Hall–Kier alpha value is -1.56. The molecule has 0 aromatic rings. The van der Waals surface area contributed by atoms with Crippen molar-refractivity contribution in [3.63, 3.8) is 0 Å². The number of hydrogen-bond donors (Lipinski definition) is 0. The lowest BCUT2D eigenvalue weighted by Crippen LogP contribution is -2.31. The molecule has 0 radical (unpaired) electrons. The van der Waals surface area contributed by atoms with Crippen LogP contribution >= 0.6 is 0 Å². The van der Waals surface area contributed by atoms with E-state index in [2.05, 4.69) is 81.5 Å². The first kappa shape index (κ1) is 17.8. The molecular formula is C23H32. The summed E-state index contributed by atoms with van der Waals surface area (Å²) >= 11 is 0. The molecule has 0 heteroatoms. The molecule has 0 aromatic heterocycles. The maximum Gasteiger partial charge on any atom is 0.0167 e. The SMILES string of the molecule is CCCC(CCC)C(C)(C1=CC=CCC=C1)C1=CC=CC=CC1.